The van der Waals surface area contributed by atoms with Gasteiger partial charge in [0.2, 0.25) is 17.7 Å². The molecule has 114 valence electrons. The third-order valence-corrected chi connectivity index (χ3v) is 3.47. The first-order valence-electron chi connectivity index (χ1n) is 6.48. The van der Waals surface area contributed by atoms with Gasteiger partial charge in [-0.3, -0.25) is 20.3 Å². The molecule has 0 aromatic carbocycles. The zero-order valence-corrected chi connectivity index (χ0v) is 11.6. The van der Waals surface area contributed by atoms with E-state index in [1.165, 1.54) is 6.92 Å². The predicted molar refractivity (Wildman–Crippen MR) is 75.4 cm³/mol. The number of aromatic nitrogens is 2. The molecular formula is C11H17N7O3. The highest BCUT2D eigenvalue weighted by Gasteiger charge is 2.31. The standard InChI is InChI=1S/C11H17N7O3/c1-6-8(18(20)21)10(15-11(14-6)16-13)17-4-2-3-7(5-17)9(12)19/h7H,2-5,13H2,1H3,(H2,12,19)(H,14,15,16). The summed E-state index contributed by atoms with van der Waals surface area (Å²) in [5.74, 6) is 4.78. The van der Waals surface area contributed by atoms with Gasteiger partial charge in [-0.1, -0.05) is 0 Å². The summed E-state index contributed by atoms with van der Waals surface area (Å²) in [4.78, 5) is 31.7. The maximum Gasteiger partial charge on any atom is 0.332 e. The molecule has 1 aromatic heterocycles. The number of hydrogen-bond acceptors (Lipinski definition) is 8. The lowest BCUT2D eigenvalue weighted by Gasteiger charge is -2.31. The molecule has 10 heteroatoms. The summed E-state index contributed by atoms with van der Waals surface area (Å²) in [6, 6.07) is 0. The Morgan fingerprint density at radius 2 is 2.24 bits per heavy atom. The zero-order chi connectivity index (χ0) is 15.6. The van der Waals surface area contributed by atoms with E-state index >= 15 is 0 Å². The monoisotopic (exact) mass is 295 g/mol. The molecule has 1 amide bonds. The third-order valence-electron chi connectivity index (χ3n) is 3.47. The number of carbonyl (C=O) groups is 1. The first-order valence-corrected chi connectivity index (χ1v) is 6.48. The van der Waals surface area contributed by atoms with E-state index in [4.69, 9.17) is 11.6 Å². The molecule has 10 nitrogen and oxygen atoms in total. The first-order chi connectivity index (χ1) is 9.93. The molecule has 2 heterocycles. The number of hydrogen-bond donors (Lipinski definition) is 3. The van der Waals surface area contributed by atoms with Crippen LogP contribution in [0.15, 0.2) is 0 Å². The van der Waals surface area contributed by atoms with Gasteiger partial charge in [-0.15, -0.1) is 0 Å². The van der Waals surface area contributed by atoms with E-state index in [1.54, 1.807) is 4.90 Å². The van der Waals surface area contributed by atoms with Gasteiger partial charge in [0.15, 0.2) is 0 Å². The highest BCUT2D eigenvalue weighted by Crippen LogP contribution is 2.32. The number of anilines is 2. The second-order valence-electron chi connectivity index (χ2n) is 4.89. The Morgan fingerprint density at radius 3 is 2.81 bits per heavy atom. The molecule has 1 atom stereocenters. The van der Waals surface area contributed by atoms with Crippen LogP contribution in [0, 0.1) is 23.0 Å². The number of amides is 1. The Balaban J connectivity index is 2.43. The molecule has 1 saturated heterocycles. The number of nitrogens with one attached hydrogen (secondary N) is 1. The van der Waals surface area contributed by atoms with Crippen LogP contribution in [0.3, 0.4) is 0 Å². The summed E-state index contributed by atoms with van der Waals surface area (Å²) in [5.41, 5.74) is 7.64. The summed E-state index contributed by atoms with van der Waals surface area (Å²) in [7, 11) is 0. The Morgan fingerprint density at radius 1 is 1.52 bits per heavy atom. The van der Waals surface area contributed by atoms with E-state index in [0.717, 1.165) is 0 Å². The number of rotatable bonds is 4. The van der Waals surface area contributed by atoms with Crippen LogP contribution >= 0.6 is 0 Å². The lowest BCUT2D eigenvalue weighted by atomic mass is 9.97. The average Bonchev–Trinajstić information content (AvgIpc) is 2.45. The number of carbonyl (C=O) groups excluding carboxylic acids is 1. The summed E-state index contributed by atoms with van der Waals surface area (Å²) in [5, 5.41) is 11.3. The molecule has 1 fully saturated rings. The Hall–Kier alpha value is -2.49. The molecular weight excluding hydrogens is 278 g/mol. The van der Waals surface area contributed by atoms with Crippen molar-refractivity contribution in [2.24, 2.45) is 17.5 Å². The van der Waals surface area contributed by atoms with Crippen molar-refractivity contribution >= 4 is 23.4 Å². The van der Waals surface area contributed by atoms with Gasteiger partial charge in [0, 0.05) is 13.1 Å². The molecule has 1 aliphatic rings. The second-order valence-corrected chi connectivity index (χ2v) is 4.89. The van der Waals surface area contributed by atoms with Gasteiger partial charge in [0.1, 0.15) is 5.69 Å². The van der Waals surface area contributed by atoms with Crippen LogP contribution in [0.2, 0.25) is 0 Å². The molecule has 0 bridgehead atoms. The van der Waals surface area contributed by atoms with Crippen molar-refractivity contribution in [3.05, 3.63) is 15.8 Å². The van der Waals surface area contributed by atoms with Crippen LogP contribution < -0.4 is 21.9 Å². The van der Waals surface area contributed by atoms with Crippen molar-refractivity contribution in [2.75, 3.05) is 23.4 Å². The van der Waals surface area contributed by atoms with E-state index in [2.05, 4.69) is 15.4 Å². The van der Waals surface area contributed by atoms with Gasteiger partial charge < -0.3 is 10.6 Å². The largest absolute Gasteiger partial charge is 0.369 e. The lowest BCUT2D eigenvalue weighted by molar-refractivity contribution is -0.385. The molecule has 1 aromatic rings. The van der Waals surface area contributed by atoms with Gasteiger partial charge in [0.25, 0.3) is 0 Å². The SMILES string of the molecule is Cc1nc(NN)nc(N2CCCC(C(N)=O)C2)c1[N+](=O)[O-]. The third kappa shape index (κ3) is 2.99. The highest BCUT2D eigenvalue weighted by molar-refractivity contribution is 5.78. The minimum Gasteiger partial charge on any atom is -0.369 e. The van der Waals surface area contributed by atoms with Crippen molar-refractivity contribution in [1.29, 1.82) is 0 Å². The van der Waals surface area contributed by atoms with Crippen molar-refractivity contribution in [2.45, 2.75) is 19.8 Å². The van der Waals surface area contributed by atoms with Gasteiger partial charge in [-0.2, -0.15) is 4.98 Å². The summed E-state index contributed by atoms with van der Waals surface area (Å²) >= 11 is 0. The van der Waals surface area contributed by atoms with Crippen LogP contribution in [-0.4, -0.2) is 33.9 Å². The fraction of sp³-hybridized carbons (Fsp3) is 0.545. The summed E-state index contributed by atoms with van der Waals surface area (Å²) < 4.78 is 0. The Kier molecular flexibility index (Phi) is 4.17. The molecule has 1 unspecified atom stereocenters. The maximum atomic E-state index is 11.3. The van der Waals surface area contributed by atoms with E-state index in [0.29, 0.717) is 25.9 Å². The van der Waals surface area contributed by atoms with Crippen molar-refractivity contribution in [3.63, 3.8) is 0 Å². The number of primary amides is 1. The molecule has 1 aliphatic heterocycles. The normalized spacial score (nSPS) is 18.4. The average molecular weight is 295 g/mol. The quantitative estimate of drug-likeness (QED) is 0.388. The minimum absolute atomic E-state index is 0.0919. The second kappa shape index (κ2) is 5.87. The molecule has 21 heavy (non-hydrogen) atoms. The molecule has 0 radical (unpaired) electrons. The molecule has 0 saturated carbocycles. The van der Waals surface area contributed by atoms with E-state index in [1.807, 2.05) is 0 Å². The first kappa shape index (κ1) is 14.9. The highest BCUT2D eigenvalue weighted by atomic mass is 16.6. The number of hydrazine groups is 1. The summed E-state index contributed by atoms with van der Waals surface area (Å²) in [6.45, 7) is 2.38. The maximum absolute atomic E-state index is 11.3. The van der Waals surface area contributed by atoms with Crippen molar-refractivity contribution in [1.82, 2.24) is 9.97 Å². The van der Waals surface area contributed by atoms with E-state index < -0.39 is 10.8 Å². The molecule has 5 N–H and O–H groups in total. The number of nitrogens with two attached hydrogens (primary N) is 2. The minimum atomic E-state index is -0.529. The number of nitrogen functional groups attached to an aromatic ring is 1. The van der Waals surface area contributed by atoms with Crippen LogP contribution in [0.5, 0.6) is 0 Å². The fourth-order valence-electron chi connectivity index (χ4n) is 2.45. The van der Waals surface area contributed by atoms with Gasteiger partial charge in [-0.05, 0) is 19.8 Å². The zero-order valence-electron chi connectivity index (χ0n) is 11.6. The van der Waals surface area contributed by atoms with E-state index in [9.17, 15) is 14.9 Å². The van der Waals surface area contributed by atoms with Gasteiger partial charge in [0.05, 0.1) is 10.8 Å². The molecule has 0 spiro atoms. The van der Waals surface area contributed by atoms with Crippen LogP contribution in [0.1, 0.15) is 18.5 Å². The van der Waals surface area contributed by atoms with Crippen molar-refractivity contribution in [3.8, 4) is 0 Å². The van der Waals surface area contributed by atoms with Crippen LogP contribution in [0.25, 0.3) is 0 Å². The van der Waals surface area contributed by atoms with Gasteiger partial charge >= 0.3 is 5.69 Å². The topological polar surface area (TPSA) is 153 Å². The lowest BCUT2D eigenvalue weighted by Crippen LogP contribution is -2.42. The predicted octanol–water partition coefficient (Wildman–Crippen LogP) is -0.319. The van der Waals surface area contributed by atoms with Crippen LogP contribution in [0.4, 0.5) is 17.5 Å². The fourth-order valence-corrected chi connectivity index (χ4v) is 2.45. The number of nitrogens with zero attached hydrogens (tertiary/aromatic N) is 4. The van der Waals surface area contributed by atoms with Gasteiger partial charge in [-0.25, -0.2) is 10.8 Å². The smallest absolute Gasteiger partial charge is 0.332 e. The number of nitro groups is 1. The van der Waals surface area contributed by atoms with E-state index in [-0.39, 0.29) is 29.1 Å². The van der Waals surface area contributed by atoms with Crippen molar-refractivity contribution < 1.29 is 9.72 Å². The molecule has 0 aliphatic carbocycles. The summed E-state index contributed by atoms with van der Waals surface area (Å²) in [6.07, 6.45) is 1.38. The number of piperidine rings is 1. The Bertz CT molecular complexity index is 577. The molecule has 2 rings (SSSR count). The van der Waals surface area contributed by atoms with Crippen LogP contribution in [-0.2, 0) is 4.79 Å². The Labute approximate surface area is 120 Å². The number of aryl methyl sites for hydroxylation is 1.